The first-order chi connectivity index (χ1) is 19.0. The molecule has 0 heterocycles. The lowest BCUT2D eigenvalue weighted by Gasteiger charge is -2.26. The second-order valence-electron chi connectivity index (χ2n) is 8.94. The SMILES string of the molecule is CCOc1cc(/C=C/C(=O)OCC(=O)N[C@H]2CCCc3ccccc32)ccc1OCCOc1ccc(F)cc1. The van der Waals surface area contributed by atoms with Crippen LogP contribution in [0.3, 0.4) is 0 Å². The summed E-state index contributed by atoms with van der Waals surface area (Å²) >= 11 is 0. The average Bonchev–Trinajstić information content (AvgIpc) is 2.95. The fourth-order valence-electron chi connectivity index (χ4n) is 4.35. The number of rotatable bonds is 12. The zero-order valence-corrected chi connectivity index (χ0v) is 21.9. The van der Waals surface area contributed by atoms with E-state index in [9.17, 15) is 14.0 Å². The molecule has 1 atom stereocenters. The van der Waals surface area contributed by atoms with E-state index >= 15 is 0 Å². The molecule has 3 aromatic carbocycles. The number of esters is 1. The summed E-state index contributed by atoms with van der Waals surface area (Å²) in [6.45, 7) is 2.47. The average molecular weight is 534 g/mol. The standard InChI is InChI=1S/C31H32FNO6/c1-2-36-29-20-22(10-16-28(29)38-19-18-37-25-14-12-24(32)13-15-25)11-17-31(35)39-21-30(34)33-27-9-5-7-23-6-3-4-8-26(23)27/h3-4,6,8,10-17,20,27H,2,5,7,9,18-19,21H2,1H3,(H,33,34)/b17-11+/t27-/m0/s1. The molecule has 0 aliphatic heterocycles. The summed E-state index contributed by atoms with van der Waals surface area (Å²) in [5.41, 5.74) is 3.07. The van der Waals surface area contributed by atoms with Crippen LogP contribution in [0, 0.1) is 5.82 Å². The number of benzene rings is 3. The summed E-state index contributed by atoms with van der Waals surface area (Å²) in [4.78, 5) is 24.6. The topological polar surface area (TPSA) is 83.1 Å². The van der Waals surface area contributed by atoms with E-state index in [-0.39, 0.29) is 37.6 Å². The van der Waals surface area contributed by atoms with Gasteiger partial charge in [0.15, 0.2) is 18.1 Å². The second kappa shape index (κ2) is 14.0. The van der Waals surface area contributed by atoms with Crippen molar-refractivity contribution < 1.29 is 32.9 Å². The van der Waals surface area contributed by atoms with Gasteiger partial charge in [0.25, 0.3) is 5.91 Å². The summed E-state index contributed by atoms with van der Waals surface area (Å²) in [7, 11) is 0. The van der Waals surface area contributed by atoms with Gasteiger partial charge in [0.1, 0.15) is 24.8 Å². The van der Waals surface area contributed by atoms with Crippen LogP contribution in [0.25, 0.3) is 6.08 Å². The van der Waals surface area contributed by atoms with Crippen LogP contribution in [0.2, 0.25) is 0 Å². The molecular formula is C31H32FNO6. The monoisotopic (exact) mass is 533 g/mol. The summed E-state index contributed by atoms with van der Waals surface area (Å²) in [5.74, 6) is 0.317. The minimum Gasteiger partial charge on any atom is -0.490 e. The molecule has 1 amide bonds. The summed E-state index contributed by atoms with van der Waals surface area (Å²) < 4.78 is 35.1. The number of aryl methyl sites for hydroxylation is 1. The minimum atomic E-state index is -0.620. The third kappa shape index (κ3) is 8.33. The molecule has 0 radical (unpaired) electrons. The van der Waals surface area contributed by atoms with Crippen molar-refractivity contribution in [1.29, 1.82) is 0 Å². The first-order valence-electron chi connectivity index (χ1n) is 13.0. The maximum atomic E-state index is 13.0. The van der Waals surface area contributed by atoms with E-state index in [0.29, 0.717) is 29.4 Å². The van der Waals surface area contributed by atoms with Gasteiger partial charge in [-0.05, 0) is 85.4 Å². The van der Waals surface area contributed by atoms with Gasteiger partial charge >= 0.3 is 5.97 Å². The maximum Gasteiger partial charge on any atom is 0.331 e. The van der Waals surface area contributed by atoms with Gasteiger partial charge in [0.2, 0.25) is 0 Å². The molecule has 0 saturated heterocycles. The Hall–Kier alpha value is -4.33. The lowest BCUT2D eigenvalue weighted by Crippen LogP contribution is -2.34. The Morgan fingerprint density at radius 3 is 2.59 bits per heavy atom. The molecule has 0 saturated carbocycles. The Balaban J connectivity index is 1.24. The highest BCUT2D eigenvalue weighted by atomic mass is 19.1. The summed E-state index contributed by atoms with van der Waals surface area (Å²) in [6.07, 6.45) is 5.72. The van der Waals surface area contributed by atoms with Crippen molar-refractivity contribution in [2.75, 3.05) is 26.4 Å². The molecule has 0 spiro atoms. The number of hydrogen-bond acceptors (Lipinski definition) is 6. The highest BCUT2D eigenvalue weighted by Crippen LogP contribution is 2.30. The molecule has 3 aromatic rings. The van der Waals surface area contributed by atoms with E-state index in [4.69, 9.17) is 18.9 Å². The molecule has 0 fully saturated rings. The number of nitrogens with one attached hydrogen (secondary N) is 1. The van der Waals surface area contributed by atoms with Gasteiger partial charge in [-0.2, -0.15) is 0 Å². The smallest absolute Gasteiger partial charge is 0.331 e. The highest BCUT2D eigenvalue weighted by Gasteiger charge is 2.21. The van der Waals surface area contributed by atoms with Crippen molar-refractivity contribution in [2.45, 2.75) is 32.2 Å². The number of amides is 1. The quantitative estimate of drug-likeness (QED) is 0.190. The predicted octanol–water partition coefficient (Wildman–Crippen LogP) is 5.43. The van der Waals surface area contributed by atoms with Gasteiger partial charge in [0, 0.05) is 6.08 Å². The molecule has 0 aromatic heterocycles. The number of fused-ring (bicyclic) bond motifs is 1. The van der Waals surface area contributed by atoms with Crippen LogP contribution in [0.4, 0.5) is 4.39 Å². The normalized spacial score (nSPS) is 14.4. The molecule has 1 aliphatic carbocycles. The van der Waals surface area contributed by atoms with Gasteiger partial charge < -0.3 is 24.3 Å². The Morgan fingerprint density at radius 2 is 1.77 bits per heavy atom. The van der Waals surface area contributed by atoms with Crippen molar-refractivity contribution in [1.82, 2.24) is 5.32 Å². The zero-order valence-electron chi connectivity index (χ0n) is 21.9. The first kappa shape index (κ1) is 27.7. The molecule has 0 unspecified atom stereocenters. The van der Waals surface area contributed by atoms with Gasteiger partial charge in [-0.25, -0.2) is 9.18 Å². The molecule has 8 heteroatoms. The Kier molecular flexibility index (Phi) is 9.94. The van der Waals surface area contributed by atoms with Gasteiger partial charge in [-0.1, -0.05) is 30.3 Å². The van der Waals surface area contributed by atoms with E-state index in [1.807, 2.05) is 25.1 Å². The Labute approximate surface area is 227 Å². The zero-order chi connectivity index (χ0) is 27.5. The van der Waals surface area contributed by atoms with Crippen molar-refractivity contribution in [3.8, 4) is 17.2 Å². The molecule has 39 heavy (non-hydrogen) atoms. The molecule has 0 bridgehead atoms. The molecule has 4 rings (SSSR count). The van der Waals surface area contributed by atoms with E-state index in [1.165, 1.54) is 23.8 Å². The Bertz CT molecular complexity index is 1290. The van der Waals surface area contributed by atoms with E-state index in [0.717, 1.165) is 24.8 Å². The third-order valence-electron chi connectivity index (χ3n) is 6.15. The first-order valence-corrected chi connectivity index (χ1v) is 13.0. The molecule has 204 valence electrons. The van der Waals surface area contributed by atoms with Crippen molar-refractivity contribution in [2.24, 2.45) is 0 Å². The number of carbonyl (C=O) groups is 2. The van der Waals surface area contributed by atoms with Crippen LogP contribution >= 0.6 is 0 Å². The maximum absolute atomic E-state index is 13.0. The number of halogens is 1. The predicted molar refractivity (Wildman–Crippen MR) is 145 cm³/mol. The molecule has 7 nitrogen and oxygen atoms in total. The molecular weight excluding hydrogens is 501 g/mol. The van der Waals surface area contributed by atoms with Crippen LogP contribution in [0.1, 0.15) is 42.5 Å². The number of hydrogen-bond donors (Lipinski definition) is 1. The van der Waals surface area contributed by atoms with E-state index < -0.39 is 5.97 Å². The van der Waals surface area contributed by atoms with E-state index in [1.54, 1.807) is 36.4 Å². The van der Waals surface area contributed by atoms with Crippen LogP contribution in [0.5, 0.6) is 17.2 Å². The van der Waals surface area contributed by atoms with Crippen LogP contribution < -0.4 is 19.5 Å². The van der Waals surface area contributed by atoms with Crippen LogP contribution in [-0.4, -0.2) is 38.3 Å². The fourth-order valence-corrected chi connectivity index (χ4v) is 4.35. The lowest BCUT2D eigenvalue weighted by atomic mass is 9.88. The fraction of sp³-hybridized carbons (Fsp3) is 0.290. The van der Waals surface area contributed by atoms with Crippen LogP contribution in [0.15, 0.2) is 72.8 Å². The van der Waals surface area contributed by atoms with Crippen molar-refractivity contribution in [3.63, 3.8) is 0 Å². The number of ether oxygens (including phenoxy) is 4. The second-order valence-corrected chi connectivity index (χ2v) is 8.94. The number of carbonyl (C=O) groups excluding carboxylic acids is 2. The van der Waals surface area contributed by atoms with Gasteiger partial charge in [0.05, 0.1) is 12.6 Å². The highest BCUT2D eigenvalue weighted by molar-refractivity contribution is 5.89. The lowest BCUT2D eigenvalue weighted by molar-refractivity contribution is -0.144. The van der Waals surface area contributed by atoms with E-state index in [2.05, 4.69) is 11.4 Å². The third-order valence-corrected chi connectivity index (χ3v) is 6.15. The van der Waals surface area contributed by atoms with Gasteiger partial charge in [-0.15, -0.1) is 0 Å². The molecule has 1 N–H and O–H groups in total. The summed E-state index contributed by atoms with van der Waals surface area (Å²) in [6, 6.07) is 19.0. The van der Waals surface area contributed by atoms with Crippen LogP contribution in [-0.2, 0) is 20.7 Å². The summed E-state index contributed by atoms with van der Waals surface area (Å²) in [5, 5.41) is 2.97. The van der Waals surface area contributed by atoms with Crippen molar-refractivity contribution in [3.05, 3.63) is 95.3 Å². The molecule has 1 aliphatic rings. The Morgan fingerprint density at radius 1 is 0.974 bits per heavy atom. The minimum absolute atomic E-state index is 0.0658. The largest absolute Gasteiger partial charge is 0.490 e. The van der Waals surface area contributed by atoms with Gasteiger partial charge in [-0.3, -0.25) is 4.79 Å². The van der Waals surface area contributed by atoms with Crippen molar-refractivity contribution >= 4 is 18.0 Å².